The smallest absolute Gasteiger partial charge is 0.121 e. The average molecular weight is 334 g/mol. The van der Waals surface area contributed by atoms with Crippen LogP contribution in [0.25, 0.3) is 0 Å². The summed E-state index contributed by atoms with van der Waals surface area (Å²) in [6, 6.07) is 16.1. The first-order valence-corrected chi connectivity index (χ1v) is 8.44. The van der Waals surface area contributed by atoms with Crippen LogP contribution < -0.4 is 9.64 Å². The van der Waals surface area contributed by atoms with Crippen LogP contribution in [-0.2, 0) is 11.3 Å². The molecule has 0 bridgehead atoms. The number of benzene rings is 2. The van der Waals surface area contributed by atoms with E-state index in [4.69, 9.17) is 9.47 Å². The van der Waals surface area contributed by atoms with Gasteiger partial charge in [0.25, 0.3) is 0 Å². The van der Waals surface area contributed by atoms with Crippen LogP contribution in [0.2, 0.25) is 0 Å². The predicted octanol–water partition coefficient (Wildman–Crippen LogP) is 4.22. The van der Waals surface area contributed by atoms with Gasteiger partial charge in [0.05, 0.1) is 24.3 Å². The van der Waals surface area contributed by atoms with E-state index in [0.717, 1.165) is 35.7 Å². The molecule has 25 heavy (non-hydrogen) atoms. The third-order valence-electron chi connectivity index (χ3n) is 4.35. The minimum atomic E-state index is 0.0344. The molecule has 0 radical (unpaired) electrons. The molecule has 0 fully saturated rings. The zero-order valence-electron chi connectivity index (χ0n) is 14.4. The fraction of sp³-hybridized carbons (Fsp3) is 0.286. The highest BCUT2D eigenvalue weighted by molar-refractivity contribution is 5.52. The fourth-order valence-electron chi connectivity index (χ4n) is 3.07. The van der Waals surface area contributed by atoms with Crippen molar-refractivity contribution in [1.29, 1.82) is 5.26 Å². The molecule has 2 aromatic rings. The third-order valence-corrected chi connectivity index (χ3v) is 4.35. The summed E-state index contributed by atoms with van der Waals surface area (Å²) in [4.78, 5) is 2.26. The van der Waals surface area contributed by atoms with E-state index in [0.29, 0.717) is 18.8 Å². The molecule has 0 aliphatic carbocycles. The van der Waals surface area contributed by atoms with Gasteiger partial charge in [-0.15, -0.1) is 0 Å². The zero-order chi connectivity index (χ0) is 17.6. The molecular formula is C21H22N2O2. The van der Waals surface area contributed by atoms with E-state index in [1.165, 1.54) is 0 Å². The molecule has 0 spiro atoms. The lowest BCUT2D eigenvalue weighted by Crippen LogP contribution is -2.30. The highest BCUT2D eigenvalue weighted by atomic mass is 16.5. The van der Waals surface area contributed by atoms with E-state index in [-0.39, 0.29) is 6.10 Å². The van der Waals surface area contributed by atoms with Crippen molar-refractivity contribution in [3.8, 4) is 11.8 Å². The fourth-order valence-corrected chi connectivity index (χ4v) is 3.07. The van der Waals surface area contributed by atoms with Crippen LogP contribution in [0.4, 0.5) is 5.69 Å². The first kappa shape index (κ1) is 17.1. The van der Waals surface area contributed by atoms with Crippen molar-refractivity contribution in [2.45, 2.75) is 19.6 Å². The van der Waals surface area contributed by atoms with Gasteiger partial charge in [-0.05, 0) is 42.3 Å². The Morgan fingerprint density at radius 3 is 3.04 bits per heavy atom. The topological polar surface area (TPSA) is 45.5 Å². The van der Waals surface area contributed by atoms with Gasteiger partial charge in [0.15, 0.2) is 0 Å². The molecule has 4 nitrogen and oxygen atoms in total. The molecule has 1 aliphatic heterocycles. The molecule has 1 atom stereocenters. The number of nitrogens with zero attached hydrogens (tertiary/aromatic N) is 2. The first-order chi connectivity index (χ1) is 12.2. The van der Waals surface area contributed by atoms with Crippen LogP contribution in [0, 0.1) is 11.3 Å². The Morgan fingerprint density at radius 2 is 2.24 bits per heavy atom. The number of fused-ring (bicyclic) bond motifs is 1. The molecule has 0 saturated carbocycles. The maximum atomic E-state index is 9.21. The van der Waals surface area contributed by atoms with Gasteiger partial charge in [-0.2, -0.15) is 5.26 Å². The maximum absolute atomic E-state index is 9.21. The van der Waals surface area contributed by atoms with Crippen LogP contribution in [0.15, 0.2) is 55.1 Å². The summed E-state index contributed by atoms with van der Waals surface area (Å²) in [6.07, 6.45) is 1.77. The standard InChI is InChI=1S/C21H22N2O2/c1-3-10-25-20-6-4-5-19(13-20)23-9-11-24-16(2)21-8-7-17(14-22)12-18(21)15-23/h3-8,12-13,16H,1,9-11,15H2,2H3. The SMILES string of the molecule is C=CCOc1cccc(N2CCOC(C)c3ccc(C#N)cc3C2)c1. The molecule has 128 valence electrons. The minimum Gasteiger partial charge on any atom is -0.489 e. The second kappa shape index (κ2) is 7.87. The van der Waals surface area contributed by atoms with Gasteiger partial charge in [-0.3, -0.25) is 0 Å². The van der Waals surface area contributed by atoms with Gasteiger partial charge in [-0.25, -0.2) is 0 Å². The molecule has 1 aliphatic rings. The number of nitriles is 1. The Kier molecular flexibility index (Phi) is 5.37. The minimum absolute atomic E-state index is 0.0344. The molecule has 1 heterocycles. The van der Waals surface area contributed by atoms with Crippen LogP contribution in [0.1, 0.15) is 29.7 Å². The number of anilines is 1. The van der Waals surface area contributed by atoms with Gasteiger partial charge < -0.3 is 14.4 Å². The second-order valence-corrected chi connectivity index (χ2v) is 6.06. The molecule has 0 aromatic heterocycles. The van der Waals surface area contributed by atoms with Gasteiger partial charge >= 0.3 is 0 Å². The summed E-state index contributed by atoms with van der Waals surface area (Å²) in [5.41, 5.74) is 4.02. The first-order valence-electron chi connectivity index (χ1n) is 8.44. The summed E-state index contributed by atoms with van der Waals surface area (Å²) in [6.45, 7) is 8.40. The van der Waals surface area contributed by atoms with Gasteiger partial charge in [0.1, 0.15) is 12.4 Å². The third kappa shape index (κ3) is 4.01. The lowest BCUT2D eigenvalue weighted by atomic mass is 9.99. The Balaban J connectivity index is 1.91. The maximum Gasteiger partial charge on any atom is 0.121 e. The van der Waals surface area contributed by atoms with Crippen LogP contribution in [0.5, 0.6) is 5.75 Å². The molecule has 0 amide bonds. The monoisotopic (exact) mass is 334 g/mol. The van der Waals surface area contributed by atoms with Crippen molar-refractivity contribution >= 4 is 5.69 Å². The van der Waals surface area contributed by atoms with Crippen molar-refractivity contribution in [1.82, 2.24) is 0 Å². The Bertz CT molecular complexity index is 795. The Hall–Kier alpha value is -2.77. The van der Waals surface area contributed by atoms with E-state index in [1.807, 2.05) is 36.4 Å². The van der Waals surface area contributed by atoms with E-state index in [1.54, 1.807) is 6.08 Å². The molecular weight excluding hydrogens is 312 g/mol. The Labute approximate surface area is 148 Å². The van der Waals surface area contributed by atoms with Gasteiger partial charge in [0.2, 0.25) is 0 Å². The quantitative estimate of drug-likeness (QED) is 0.785. The predicted molar refractivity (Wildman–Crippen MR) is 98.7 cm³/mol. The summed E-state index contributed by atoms with van der Waals surface area (Å²) in [5, 5.41) is 9.21. The average Bonchev–Trinajstić information content (AvgIpc) is 2.64. The molecule has 0 saturated heterocycles. The molecule has 0 N–H and O–H groups in total. The van der Waals surface area contributed by atoms with Gasteiger partial charge in [0, 0.05) is 24.8 Å². The van der Waals surface area contributed by atoms with E-state index in [9.17, 15) is 5.26 Å². The second-order valence-electron chi connectivity index (χ2n) is 6.06. The van der Waals surface area contributed by atoms with E-state index < -0.39 is 0 Å². The summed E-state index contributed by atoms with van der Waals surface area (Å²) in [7, 11) is 0. The lowest BCUT2D eigenvalue weighted by Gasteiger charge is -2.31. The number of ether oxygens (including phenoxy) is 2. The van der Waals surface area contributed by atoms with Crippen molar-refractivity contribution in [3.05, 3.63) is 71.8 Å². The summed E-state index contributed by atoms with van der Waals surface area (Å²) in [5.74, 6) is 0.819. The lowest BCUT2D eigenvalue weighted by molar-refractivity contribution is 0.0672. The Morgan fingerprint density at radius 1 is 1.36 bits per heavy atom. The zero-order valence-corrected chi connectivity index (χ0v) is 14.4. The van der Waals surface area contributed by atoms with E-state index >= 15 is 0 Å². The van der Waals surface area contributed by atoms with Gasteiger partial charge in [-0.1, -0.05) is 24.8 Å². The highest BCUT2D eigenvalue weighted by Gasteiger charge is 2.19. The highest BCUT2D eigenvalue weighted by Crippen LogP contribution is 2.29. The largest absolute Gasteiger partial charge is 0.489 e. The molecule has 3 rings (SSSR count). The molecule has 1 unspecified atom stereocenters. The molecule has 2 aromatic carbocycles. The number of rotatable bonds is 4. The van der Waals surface area contributed by atoms with Crippen molar-refractivity contribution < 1.29 is 9.47 Å². The summed E-state index contributed by atoms with van der Waals surface area (Å²) < 4.78 is 11.6. The summed E-state index contributed by atoms with van der Waals surface area (Å²) >= 11 is 0. The molecule has 4 heteroatoms. The van der Waals surface area contributed by atoms with Crippen molar-refractivity contribution in [2.24, 2.45) is 0 Å². The van der Waals surface area contributed by atoms with Crippen LogP contribution >= 0.6 is 0 Å². The number of hydrogen-bond acceptors (Lipinski definition) is 4. The van der Waals surface area contributed by atoms with Crippen LogP contribution in [0.3, 0.4) is 0 Å². The van der Waals surface area contributed by atoms with Crippen molar-refractivity contribution in [3.63, 3.8) is 0 Å². The number of hydrogen-bond donors (Lipinski definition) is 0. The van der Waals surface area contributed by atoms with Crippen LogP contribution in [-0.4, -0.2) is 19.8 Å². The van der Waals surface area contributed by atoms with Crippen molar-refractivity contribution in [2.75, 3.05) is 24.7 Å². The van der Waals surface area contributed by atoms with E-state index in [2.05, 4.69) is 30.5 Å². The normalized spacial score (nSPS) is 17.0.